The maximum atomic E-state index is 11.9. The molecule has 7 heteroatoms. The molecule has 0 aliphatic carbocycles. The number of carbonyl (C=O) groups is 2. The Morgan fingerprint density at radius 2 is 2.00 bits per heavy atom. The first-order valence-corrected chi connectivity index (χ1v) is 6.01. The molecule has 0 aliphatic rings. The summed E-state index contributed by atoms with van der Waals surface area (Å²) < 4.78 is 1.45. The summed E-state index contributed by atoms with van der Waals surface area (Å²) in [5, 5.41) is 12.8. The number of rotatable bonds is 3. The molecule has 20 heavy (non-hydrogen) atoms. The van der Waals surface area contributed by atoms with Crippen LogP contribution in [-0.2, 0) is 11.8 Å². The van der Waals surface area contributed by atoms with E-state index in [0.717, 1.165) is 5.56 Å². The molecule has 0 spiro atoms. The Morgan fingerprint density at radius 3 is 2.60 bits per heavy atom. The lowest BCUT2D eigenvalue weighted by molar-refractivity contribution is -0.114. The van der Waals surface area contributed by atoms with Gasteiger partial charge in [-0.2, -0.15) is 0 Å². The van der Waals surface area contributed by atoms with Gasteiger partial charge in [-0.25, -0.2) is 0 Å². The van der Waals surface area contributed by atoms with Crippen LogP contribution in [0.4, 0.5) is 11.4 Å². The number of aromatic nitrogens is 3. The molecule has 0 unspecified atom stereocenters. The summed E-state index contributed by atoms with van der Waals surface area (Å²) >= 11 is 0. The molecule has 0 aliphatic heterocycles. The van der Waals surface area contributed by atoms with E-state index in [4.69, 9.17) is 0 Å². The first-order chi connectivity index (χ1) is 9.45. The summed E-state index contributed by atoms with van der Waals surface area (Å²) in [4.78, 5) is 23.0. The van der Waals surface area contributed by atoms with E-state index in [-0.39, 0.29) is 17.5 Å². The summed E-state index contributed by atoms with van der Waals surface area (Å²) in [7, 11) is 1.69. The maximum absolute atomic E-state index is 11.9. The average Bonchev–Trinajstić information content (AvgIpc) is 2.79. The fourth-order valence-electron chi connectivity index (χ4n) is 1.67. The second kappa shape index (κ2) is 5.52. The van der Waals surface area contributed by atoms with E-state index in [2.05, 4.69) is 20.9 Å². The van der Waals surface area contributed by atoms with Gasteiger partial charge in [0.15, 0.2) is 5.69 Å². The van der Waals surface area contributed by atoms with Crippen molar-refractivity contribution in [3.05, 3.63) is 35.7 Å². The molecule has 0 fully saturated rings. The highest BCUT2D eigenvalue weighted by Crippen LogP contribution is 2.20. The van der Waals surface area contributed by atoms with Gasteiger partial charge in [-0.1, -0.05) is 11.3 Å². The van der Waals surface area contributed by atoms with Gasteiger partial charge in [-0.3, -0.25) is 14.3 Å². The minimum atomic E-state index is -0.351. The molecule has 2 amide bonds. The predicted molar refractivity (Wildman–Crippen MR) is 74.4 cm³/mol. The predicted octanol–water partition coefficient (Wildman–Crippen LogP) is 1.33. The first-order valence-electron chi connectivity index (χ1n) is 6.01. The number of hydrogen-bond donors (Lipinski definition) is 2. The van der Waals surface area contributed by atoms with Crippen LogP contribution in [0.15, 0.2) is 24.4 Å². The molecule has 7 nitrogen and oxygen atoms in total. The van der Waals surface area contributed by atoms with Crippen LogP contribution in [0.3, 0.4) is 0 Å². The Balaban J connectivity index is 2.17. The Kier molecular flexibility index (Phi) is 3.79. The number of hydrogen-bond acceptors (Lipinski definition) is 4. The van der Waals surface area contributed by atoms with Crippen molar-refractivity contribution in [2.24, 2.45) is 7.05 Å². The highest BCUT2D eigenvalue weighted by Gasteiger charge is 2.11. The Hall–Kier alpha value is -2.70. The van der Waals surface area contributed by atoms with Crippen LogP contribution < -0.4 is 10.6 Å². The SMILES string of the molecule is CC(=O)Nc1cc(NC(=O)c2cn(C)nn2)ccc1C. The lowest BCUT2D eigenvalue weighted by atomic mass is 10.1. The molecule has 2 rings (SSSR count). The second-order valence-corrected chi connectivity index (χ2v) is 4.44. The van der Waals surface area contributed by atoms with Crippen molar-refractivity contribution in [2.75, 3.05) is 10.6 Å². The van der Waals surface area contributed by atoms with Gasteiger partial charge in [0.25, 0.3) is 5.91 Å². The molecule has 0 atom stereocenters. The highest BCUT2D eigenvalue weighted by molar-refractivity contribution is 6.03. The lowest BCUT2D eigenvalue weighted by Gasteiger charge is -2.09. The molecular formula is C13H15N5O2. The highest BCUT2D eigenvalue weighted by atomic mass is 16.2. The van der Waals surface area contributed by atoms with Crippen LogP contribution in [-0.4, -0.2) is 26.8 Å². The first kappa shape index (κ1) is 13.7. The van der Waals surface area contributed by atoms with Gasteiger partial charge < -0.3 is 10.6 Å². The quantitative estimate of drug-likeness (QED) is 0.883. The van der Waals surface area contributed by atoms with Gasteiger partial charge in [0.05, 0.1) is 6.20 Å². The van der Waals surface area contributed by atoms with Gasteiger partial charge in [0.2, 0.25) is 5.91 Å². The van der Waals surface area contributed by atoms with Crippen LogP contribution in [0.1, 0.15) is 23.0 Å². The maximum Gasteiger partial charge on any atom is 0.277 e. The van der Waals surface area contributed by atoms with Crippen molar-refractivity contribution < 1.29 is 9.59 Å². The van der Waals surface area contributed by atoms with Crippen molar-refractivity contribution in [1.82, 2.24) is 15.0 Å². The third kappa shape index (κ3) is 3.19. The molecule has 0 bridgehead atoms. The van der Waals surface area contributed by atoms with Gasteiger partial charge in [-0.05, 0) is 24.6 Å². The van der Waals surface area contributed by atoms with E-state index in [9.17, 15) is 9.59 Å². The second-order valence-electron chi connectivity index (χ2n) is 4.44. The van der Waals surface area contributed by atoms with Crippen molar-refractivity contribution in [3.63, 3.8) is 0 Å². The van der Waals surface area contributed by atoms with Gasteiger partial charge in [0.1, 0.15) is 0 Å². The molecular weight excluding hydrogens is 258 g/mol. The lowest BCUT2D eigenvalue weighted by Crippen LogP contribution is -2.13. The fourth-order valence-corrected chi connectivity index (χ4v) is 1.67. The third-order valence-corrected chi connectivity index (χ3v) is 2.64. The van der Waals surface area contributed by atoms with Crippen molar-refractivity contribution >= 4 is 23.2 Å². The molecule has 0 radical (unpaired) electrons. The number of amides is 2. The van der Waals surface area contributed by atoms with Crippen LogP contribution in [0.2, 0.25) is 0 Å². The number of carbonyl (C=O) groups excluding carboxylic acids is 2. The number of nitrogens with zero attached hydrogens (tertiary/aromatic N) is 3. The molecule has 0 saturated carbocycles. The largest absolute Gasteiger partial charge is 0.326 e. The van der Waals surface area contributed by atoms with Crippen molar-refractivity contribution in [1.29, 1.82) is 0 Å². The smallest absolute Gasteiger partial charge is 0.277 e. The van der Waals surface area contributed by atoms with Crippen molar-refractivity contribution in [2.45, 2.75) is 13.8 Å². The van der Waals surface area contributed by atoms with E-state index in [0.29, 0.717) is 11.4 Å². The molecule has 0 saturated heterocycles. The molecule has 2 aromatic rings. The Labute approximate surface area is 116 Å². The Morgan fingerprint density at radius 1 is 1.25 bits per heavy atom. The van der Waals surface area contributed by atoms with Crippen molar-refractivity contribution in [3.8, 4) is 0 Å². The average molecular weight is 273 g/mol. The van der Waals surface area contributed by atoms with E-state index in [1.807, 2.05) is 13.0 Å². The van der Waals surface area contributed by atoms with Crippen LogP contribution >= 0.6 is 0 Å². The summed E-state index contributed by atoms with van der Waals surface area (Å²) in [6.07, 6.45) is 1.53. The minimum Gasteiger partial charge on any atom is -0.326 e. The fraction of sp³-hybridized carbons (Fsp3) is 0.231. The van der Waals surface area contributed by atoms with E-state index < -0.39 is 0 Å². The zero-order valence-corrected chi connectivity index (χ0v) is 11.5. The van der Waals surface area contributed by atoms with Crippen LogP contribution in [0.25, 0.3) is 0 Å². The van der Waals surface area contributed by atoms with Crippen LogP contribution in [0, 0.1) is 6.92 Å². The monoisotopic (exact) mass is 273 g/mol. The number of aryl methyl sites for hydroxylation is 2. The normalized spacial score (nSPS) is 10.2. The van der Waals surface area contributed by atoms with Gasteiger partial charge >= 0.3 is 0 Å². The zero-order valence-electron chi connectivity index (χ0n) is 11.5. The van der Waals surface area contributed by atoms with Crippen LogP contribution in [0.5, 0.6) is 0 Å². The molecule has 1 aromatic carbocycles. The number of nitrogens with one attached hydrogen (secondary N) is 2. The van der Waals surface area contributed by atoms with E-state index in [1.54, 1.807) is 19.2 Å². The number of anilines is 2. The molecule has 104 valence electrons. The zero-order chi connectivity index (χ0) is 14.7. The summed E-state index contributed by atoms with van der Waals surface area (Å²) in [6.45, 7) is 3.31. The minimum absolute atomic E-state index is 0.162. The topological polar surface area (TPSA) is 88.9 Å². The molecule has 1 aromatic heterocycles. The third-order valence-electron chi connectivity index (χ3n) is 2.64. The Bertz CT molecular complexity index is 663. The van der Waals surface area contributed by atoms with Gasteiger partial charge in [-0.15, -0.1) is 5.10 Å². The summed E-state index contributed by atoms with van der Waals surface area (Å²) in [5.74, 6) is -0.513. The molecule has 1 heterocycles. The van der Waals surface area contributed by atoms with E-state index >= 15 is 0 Å². The summed E-state index contributed by atoms with van der Waals surface area (Å²) in [5.41, 5.74) is 2.39. The number of benzene rings is 1. The standard InChI is InChI=1S/C13H15N5O2/c1-8-4-5-10(6-11(8)14-9(2)19)15-13(20)12-7-18(3)17-16-12/h4-7H,1-3H3,(H,14,19)(H,15,20). The van der Waals surface area contributed by atoms with E-state index in [1.165, 1.54) is 17.8 Å². The van der Waals surface area contributed by atoms with Gasteiger partial charge in [0, 0.05) is 25.3 Å². The summed E-state index contributed by atoms with van der Waals surface area (Å²) in [6, 6.07) is 5.28. The molecule has 2 N–H and O–H groups in total.